The highest BCUT2D eigenvalue weighted by molar-refractivity contribution is 5.96. The van der Waals surface area contributed by atoms with Crippen molar-refractivity contribution in [3.63, 3.8) is 0 Å². The van der Waals surface area contributed by atoms with Crippen molar-refractivity contribution < 1.29 is 19.2 Å². The van der Waals surface area contributed by atoms with Gasteiger partial charge in [-0.05, 0) is 18.2 Å². The number of benzene rings is 1. The molecule has 1 heterocycles. The van der Waals surface area contributed by atoms with Crippen LogP contribution in [0.2, 0.25) is 0 Å². The molecule has 1 aromatic carbocycles. The molecule has 2 rings (SSSR count). The predicted molar refractivity (Wildman–Crippen MR) is 72.0 cm³/mol. The normalized spacial score (nSPS) is 10.9. The molecule has 0 aliphatic heterocycles. The van der Waals surface area contributed by atoms with Gasteiger partial charge in [0.25, 0.3) is 5.69 Å². The molecule has 0 bridgehead atoms. The number of carbonyl (C=O) groups is 1. The van der Waals surface area contributed by atoms with Crippen LogP contribution < -0.4 is 0 Å². The van der Waals surface area contributed by atoms with Crippen molar-refractivity contribution in [2.45, 2.75) is 0 Å². The Morgan fingerprint density at radius 2 is 2.05 bits per heavy atom. The summed E-state index contributed by atoms with van der Waals surface area (Å²) >= 11 is 0. The number of para-hydroxylation sites is 1. The number of nitro benzene ring substituents is 1. The average Bonchev–Trinajstić information content (AvgIpc) is 2.92. The highest BCUT2D eigenvalue weighted by atomic mass is 16.6. The molecule has 0 saturated heterocycles. The maximum absolute atomic E-state index is 10.9. The third-order valence-electron chi connectivity index (χ3n) is 2.63. The van der Waals surface area contributed by atoms with Crippen molar-refractivity contribution in [3.8, 4) is 17.4 Å². The first-order chi connectivity index (χ1) is 10.0. The second-order valence-corrected chi connectivity index (χ2v) is 3.95. The van der Waals surface area contributed by atoms with Crippen molar-refractivity contribution in [3.05, 3.63) is 57.8 Å². The first-order valence-electron chi connectivity index (χ1n) is 5.71. The molecule has 0 aliphatic carbocycles. The molecule has 0 spiro atoms. The van der Waals surface area contributed by atoms with E-state index in [0.717, 1.165) is 6.08 Å². The van der Waals surface area contributed by atoms with Gasteiger partial charge in [-0.3, -0.25) is 10.1 Å². The molecular formula is C14H8N2O5. The van der Waals surface area contributed by atoms with Crippen LogP contribution in [0.5, 0.6) is 0 Å². The van der Waals surface area contributed by atoms with Gasteiger partial charge in [0.15, 0.2) is 0 Å². The van der Waals surface area contributed by atoms with Gasteiger partial charge in [-0.2, -0.15) is 5.26 Å². The van der Waals surface area contributed by atoms with Crippen LogP contribution in [0, 0.1) is 21.4 Å². The molecule has 0 atom stereocenters. The number of rotatable bonds is 4. The van der Waals surface area contributed by atoms with E-state index >= 15 is 0 Å². The summed E-state index contributed by atoms with van der Waals surface area (Å²) in [6.45, 7) is 0. The third kappa shape index (κ3) is 2.96. The van der Waals surface area contributed by atoms with Gasteiger partial charge in [0.05, 0.1) is 10.5 Å². The lowest BCUT2D eigenvalue weighted by atomic mass is 10.1. The Hall–Kier alpha value is -3.40. The van der Waals surface area contributed by atoms with Crippen molar-refractivity contribution >= 4 is 17.7 Å². The Balaban J connectivity index is 2.45. The number of hydrogen-bond donors (Lipinski definition) is 1. The number of nitriles is 1. The summed E-state index contributed by atoms with van der Waals surface area (Å²) in [6, 6.07) is 10.4. The molecule has 0 saturated carbocycles. The Morgan fingerprint density at radius 3 is 2.67 bits per heavy atom. The maximum Gasteiger partial charge on any atom is 0.346 e. The summed E-state index contributed by atoms with van der Waals surface area (Å²) in [5, 5.41) is 28.4. The highest BCUT2D eigenvalue weighted by Gasteiger charge is 2.17. The highest BCUT2D eigenvalue weighted by Crippen LogP contribution is 2.31. The van der Waals surface area contributed by atoms with E-state index in [0.29, 0.717) is 0 Å². The number of carboxylic acids is 1. The van der Waals surface area contributed by atoms with Crippen LogP contribution in [-0.2, 0) is 4.79 Å². The van der Waals surface area contributed by atoms with Crippen LogP contribution in [0.4, 0.5) is 5.69 Å². The minimum atomic E-state index is -1.37. The van der Waals surface area contributed by atoms with E-state index in [1.54, 1.807) is 6.07 Å². The SMILES string of the molecule is N#CC(=Cc1ccc(-c2ccccc2[N+](=O)[O-])o1)C(=O)O. The van der Waals surface area contributed by atoms with Gasteiger partial charge >= 0.3 is 5.97 Å². The Labute approximate surface area is 118 Å². The summed E-state index contributed by atoms with van der Waals surface area (Å²) in [5.74, 6) is -1.03. The minimum absolute atomic E-state index is 0.124. The molecule has 0 fully saturated rings. The fraction of sp³-hybridized carbons (Fsp3) is 0. The minimum Gasteiger partial charge on any atom is -0.477 e. The summed E-state index contributed by atoms with van der Waals surface area (Å²) in [6.07, 6.45) is 1.06. The zero-order chi connectivity index (χ0) is 15.4. The molecule has 0 aliphatic rings. The fourth-order valence-corrected chi connectivity index (χ4v) is 1.70. The monoisotopic (exact) mass is 284 g/mol. The molecule has 1 aromatic heterocycles. The second kappa shape index (κ2) is 5.71. The first kappa shape index (κ1) is 14.0. The van der Waals surface area contributed by atoms with Crippen molar-refractivity contribution in [2.75, 3.05) is 0 Å². The first-order valence-corrected chi connectivity index (χ1v) is 5.71. The fourth-order valence-electron chi connectivity index (χ4n) is 1.70. The number of hydrogen-bond acceptors (Lipinski definition) is 5. The van der Waals surface area contributed by atoms with Crippen LogP contribution in [0.1, 0.15) is 5.76 Å². The molecule has 21 heavy (non-hydrogen) atoms. The quantitative estimate of drug-likeness (QED) is 0.399. The number of aliphatic carboxylic acids is 1. The summed E-state index contributed by atoms with van der Waals surface area (Å²) < 4.78 is 5.35. The van der Waals surface area contributed by atoms with E-state index < -0.39 is 16.5 Å². The third-order valence-corrected chi connectivity index (χ3v) is 2.63. The van der Waals surface area contributed by atoms with E-state index in [9.17, 15) is 14.9 Å². The van der Waals surface area contributed by atoms with Crippen LogP contribution in [0.15, 0.2) is 46.4 Å². The number of furan rings is 1. The van der Waals surface area contributed by atoms with Gasteiger partial charge in [-0.1, -0.05) is 12.1 Å². The maximum atomic E-state index is 10.9. The number of nitro groups is 1. The van der Waals surface area contributed by atoms with Crippen molar-refractivity contribution in [1.82, 2.24) is 0 Å². The molecule has 2 aromatic rings. The van der Waals surface area contributed by atoms with Gasteiger partial charge in [0.1, 0.15) is 23.2 Å². The standard InChI is InChI=1S/C14H8N2O5/c15-8-9(14(17)18)7-10-5-6-13(21-10)11-3-1-2-4-12(11)16(19)20/h1-7H,(H,17,18). The summed E-state index contributed by atoms with van der Waals surface area (Å²) in [4.78, 5) is 21.1. The lowest BCUT2D eigenvalue weighted by molar-refractivity contribution is -0.384. The molecule has 7 nitrogen and oxygen atoms in total. The van der Waals surface area contributed by atoms with Crippen molar-refractivity contribution in [2.24, 2.45) is 0 Å². The topological polar surface area (TPSA) is 117 Å². The van der Waals surface area contributed by atoms with Crippen LogP contribution in [0.3, 0.4) is 0 Å². The van der Waals surface area contributed by atoms with E-state index in [4.69, 9.17) is 14.8 Å². The largest absolute Gasteiger partial charge is 0.477 e. The van der Waals surface area contributed by atoms with Crippen LogP contribution in [-0.4, -0.2) is 16.0 Å². The van der Waals surface area contributed by atoms with Gasteiger partial charge in [0, 0.05) is 12.1 Å². The molecule has 0 radical (unpaired) electrons. The van der Waals surface area contributed by atoms with Gasteiger partial charge in [-0.25, -0.2) is 4.79 Å². The van der Waals surface area contributed by atoms with E-state index in [1.165, 1.54) is 36.4 Å². The molecule has 1 N–H and O–H groups in total. The Kier molecular flexibility index (Phi) is 3.81. The van der Waals surface area contributed by atoms with E-state index in [-0.39, 0.29) is 22.8 Å². The lowest BCUT2D eigenvalue weighted by Gasteiger charge is -1.98. The summed E-state index contributed by atoms with van der Waals surface area (Å²) in [7, 11) is 0. The second-order valence-electron chi connectivity index (χ2n) is 3.95. The zero-order valence-corrected chi connectivity index (χ0v) is 10.5. The van der Waals surface area contributed by atoms with Crippen molar-refractivity contribution in [1.29, 1.82) is 5.26 Å². The van der Waals surface area contributed by atoms with Crippen LogP contribution in [0.25, 0.3) is 17.4 Å². The number of carboxylic acid groups (broad SMARTS) is 1. The molecule has 0 unspecified atom stereocenters. The zero-order valence-electron chi connectivity index (χ0n) is 10.5. The molecule has 7 heteroatoms. The molecule has 0 amide bonds. The van der Waals surface area contributed by atoms with Gasteiger partial charge < -0.3 is 9.52 Å². The Bertz CT molecular complexity index is 783. The predicted octanol–water partition coefficient (Wildman–Crippen LogP) is 2.85. The smallest absolute Gasteiger partial charge is 0.346 e. The number of nitrogens with zero attached hydrogens (tertiary/aromatic N) is 2. The summed E-state index contributed by atoms with van der Waals surface area (Å²) in [5.41, 5.74) is -0.337. The van der Waals surface area contributed by atoms with Crippen LogP contribution >= 0.6 is 0 Å². The molecule has 104 valence electrons. The van der Waals surface area contributed by atoms with Gasteiger partial charge in [0.2, 0.25) is 0 Å². The molecular weight excluding hydrogens is 276 g/mol. The van der Waals surface area contributed by atoms with E-state index in [2.05, 4.69) is 0 Å². The Morgan fingerprint density at radius 1 is 1.33 bits per heavy atom. The van der Waals surface area contributed by atoms with Gasteiger partial charge in [-0.15, -0.1) is 0 Å². The van der Waals surface area contributed by atoms with E-state index in [1.807, 2.05) is 0 Å². The average molecular weight is 284 g/mol. The lowest BCUT2D eigenvalue weighted by Crippen LogP contribution is -1.96.